The highest BCUT2D eigenvalue weighted by atomic mass is 19.1. The zero-order chi connectivity index (χ0) is 14.5. The number of ether oxygens (including phenoxy) is 1. The third-order valence-electron chi connectivity index (χ3n) is 3.47. The molecule has 5 heteroatoms. The molecule has 1 saturated carbocycles. The van der Waals surface area contributed by atoms with Gasteiger partial charge in [0.05, 0.1) is 19.7 Å². The van der Waals surface area contributed by atoms with E-state index in [1.54, 1.807) is 12.1 Å². The van der Waals surface area contributed by atoms with Crippen molar-refractivity contribution in [1.29, 1.82) is 0 Å². The predicted molar refractivity (Wildman–Crippen MR) is 75.1 cm³/mol. The first-order valence-electron chi connectivity index (χ1n) is 6.93. The van der Waals surface area contributed by atoms with Crippen LogP contribution in [0.3, 0.4) is 0 Å². The minimum absolute atomic E-state index is 0.0747. The van der Waals surface area contributed by atoms with Gasteiger partial charge < -0.3 is 15.4 Å². The zero-order valence-electron chi connectivity index (χ0n) is 11.9. The van der Waals surface area contributed by atoms with Crippen LogP contribution >= 0.6 is 0 Å². The first kappa shape index (κ1) is 14.8. The number of carbonyl (C=O) groups is 1. The van der Waals surface area contributed by atoms with Crippen LogP contribution in [0.5, 0.6) is 5.75 Å². The number of carbonyl (C=O) groups excluding carboxylic acids is 1. The van der Waals surface area contributed by atoms with Gasteiger partial charge in [-0.15, -0.1) is 0 Å². The summed E-state index contributed by atoms with van der Waals surface area (Å²) in [7, 11) is 1.43. The molecule has 1 fully saturated rings. The van der Waals surface area contributed by atoms with Crippen molar-refractivity contribution in [2.45, 2.75) is 25.8 Å². The molecule has 1 aromatic rings. The lowest BCUT2D eigenvalue weighted by Crippen LogP contribution is -2.36. The average Bonchev–Trinajstić information content (AvgIpc) is 3.22. The van der Waals surface area contributed by atoms with E-state index in [1.165, 1.54) is 26.0 Å². The molecular formula is C15H21FN2O2. The monoisotopic (exact) mass is 280 g/mol. The van der Waals surface area contributed by atoms with E-state index >= 15 is 0 Å². The fraction of sp³-hybridized carbons (Fsp3) is 0.533. The van der Waals surface area contributed by atoms with Gasteiger partial charge in [-0.25, -0.2) is 4.39 Å². The zero-order valence-corrected chi connectivity index (χ0v) is 11.9. The third-order valence-corrected chi connectivity index (χ3v) is 3.47. The van der Waals surface area contributed by atoms with Gasteiger partial charge in [-0.1, -0.05) is 6.07 Å². The van der Waals surface area contributed by atoms with E-state index in [0.29, 0.717) is 6.54 Å². The molecule has 20 heavy (non-hydrogen) atoms. The lowest BCUT2D eigenvalue weighted by Gasteiger charge is -2.15. The lowest BCUT2D eigenvalue weighted by molar-refractivity contribution is -0.120. The molecule has 0 unspecified atom stereocenters. The molecule has 0 saturated heterocycles. The highest BCUT2D eigenvalue weighted by molar-refractivity contribution is 5.78. The quantitative estimate of drug-likeness (QED) is 0.803. The maximum absolute atomic E-state index is 13.6. The van der Waals surface area contributed by atoms with Gasteiger partial charge in [-0.2, -0.15) is 0 Å². The molecule has 0 heterocycles. The molecule has 0 bridgehead atoms. The smallest absolute Gasteiger partial charge is 0.234 e. The molecule has 1 aromatic carbocycles. The third kappa shape index (κ3) is 4.20. The number of hydrogen-bond donors (Lipinski definition) is 2. The van der Waals surface area contributed by atoms with Crippen molar-refractivity contribution in [2.75, 3.05) is 20.2 Å². The van der Waals surface area contributed by atoms with Crippen LogP contribution in [0.15, 0.2) is 18.2 Å². The Labute approximate surface area is 118 Å². The highest BCUT2D eigenvalue weighted by Gasteiger charge is 2.20. The second-order valence-corrected chi connectivity index (χ2v) is 5.26. The van der Waals surface area contributed by atoms with E-state index in [-0.39, 0.29) is 17.7 Å². The molecule has 1 aliphatic carbocycles. The molecule has 2 N–H and O–H groups in total. The summed E-state index contributed by atoms with van der Waals surface area (Å²) in [6.07, 6.45) is 2.52. The van der Waals surface area contributed by atoms with Crippen LogP contribution in [-0.2, 0) is 4.79 Å². The van der Waals surface area contributed by atoms with E-state index in [9.17, 15) is 9.18 Å². The first-order chi connectivity index (χ1) is 9.60. The van der Waals surface area contributed by atoms with Crippen LogP contribution < -0.4 is 15.4 Å². The van der Waals surface area contributed by atoms with Crippen LogP contribution in [0.1, 0.15) is 31.4 Å². The van der Waals surface area contributed by atoms with Crippen molar-refractivity contribution >= 4 is 5.91 Å². The molecule has 0 radical (unpaired) electrons. The van der Waals surface area contributed by atoms with Gasteiger partial charge in [-0.3, -0.25) is 4.79 Å². The Morgan fingerprint density at radius 3 is 2.85 bits per heavy atom. The minimum Gasteiger partial charge on any atom is -0.494 e. The molecule has 0 aliphatic heterocycles. The van der Waals surface area contributed by atoms with Gasteiger partial charge in [0.1, 0.15) is 0 Å². The van der Waals surface area contributed by atoms with Crippen LogP contribution in [0.4, 0.5) is 4.39 Å². The van der Waals surface area contributed by atoms with E-state index in [2.05, 4.69) is 10.6 Å². The van der Waals surface area contributed by atoms with Crippen molar-refractivity contribution < 1.29 is 13.9 Å². The van der Waals surface area contributed by atoms with Crippen molar-refractivity contribution in [3.63, 3.8) is 0 Å². The molecule has 2 rings (SSSR count). The number of hydrogen-bond acceptors (Lipinski definition) is 3. The molecular weight excluding hydrogens is 259 g/mol. The first-order valence-corrected chi connectivity index (χ1v) is 6.93. The van der Waals surface area contributed by atoms with Crippen LogP contribution in [-0.4, -0.2) is 26.1 Å². The molecule has 1 aliphatic rings. The van der Waals surface area contributed by atoms with Gasteiger partial charge in [0.2, 0.25) is 5.91 Å². The van der Waals surface area contributed by atoms with Gasteiger partial charge in [0.15, 0.2) is 11.6 Å². The molecule has 0 spiro atoms. The Bertz CT molecular complexity index is 475. The summed E-state index contributed by atoms with van der Waals surface area (Å²) in [6.45, 7) is 3.04. The number of nitrogens with one attached hydrogen (secondary N) is 2. The Balaban J connectivity index is 1.81. The number of benzene rings is 1. The van der Waals surface area contributed by atoms with Gasteiger partial charge in [0.25, 0.3) is 0 Å². The highest BCUT2D eigenvalue weighted by Crippen LogP contribution is 2.27. The summed E-state index contributed by atoms with van der Waals surface area (Å²) in [5.74, 6) is 0.460. The van der Waals surface area contributed by atoms with Crippen molar-refractivity contribution in [1.82, 2.24) is 10.6 Å². The predicted octanol–water partition coefficient (Wildman–Crippen LogP) is 2.01. The fourth-order valence-electron chi connectivity index (χ4n) is 2.04. The largest absolute Gasteiger partial charge is 0.494 e. The molecule has 4 nitrogen and oxygen atoms in total. The summed E-state index contributed by atoms with van der Waals surface area (Å²) in [4.78, 5) is 11.7. The lowest BCUT2D eigenvalue weighted by atomic mass is 10.1. The van der Waals surface area contributed by atoms with E-state index in [0.717, 1.165) is 18.0 Å². The second kappa shape index (κ2) is 6.70. The maximum atomic E-state index is 13.6. The Morgan fingerprint density at radius 2 is 2.25 bits per heavy atom. The Kier molecular flexibility index (Phi) is 4.95. The van der Waals surface area contributed by atoms with Crippen molar-refractivity contribution in [2.24, 2.45) is 5.92 Å². The Morgan fingerprint density at radius 1 is 1.50 bits per heavy atom. The summed E-state index contributed by atoms with van der Waals surface area (Å²) in [5.41, 5.74) is 0.721. The SMILES string of the molecule is COc1ccc([C@@H](C)NC(=O)CNCC2CC2)cc1F. The number of amides is 1. The normalized spacial score (nSPS) is 15.8. The summed E-state index contributed by atoms with van der Waals surface area (Å²) in [6, 6.07) is 4.48. The summed E-state index contributed by atoms with van der Waals surface area (Å²) < 4.78 is 18.5. The second-order valence-electron chi connectivity index (χ2n) is 5.26. The van der Waals surface area contributed by atoms with E-state index in [4.69, 9.17) is 4.74 Å². The molecule has 1 atom stereocenters. The minimum atomic E-state index is -0.419. The standard InChI is InChI=1S/C15H21FN2O2/c1-10(12-5-6-14(20-2)13(16)7-12)18-15(19)9-17-8-11-3-4-11/h5-7,10-11,17H,3-4,8-9H2,1-2H3,(H,18,19)/t10-/m1/s1. The molecule has 110 valence electrons. The maximum Gasteiger partial charge on any atom is 0.234 e. The number of rotatable bonds is 7. The van der Waals surface area contributed by atoms with Crippen LogP contribution in [0.25, 0.3) is 0 Å². The van der Waals surface area contributed by atoms with Crippen molar-refractivity contribution in [3.8, 4) is 5.75 Å². The Hall–Kier alpha value is -1.62. The fourth-order valence-corrected chi connectivity index (χ4v) is 2.04. The molecule has 1 amide bonds. The molecule has 0 aromatic heterocycles. The topological polar surface area (TPSA) is 50.4 Å². The van der Waals surface area contributed by atoms with Gasteiger partial charge in [-0.05, 0) is 49.9 Å². The van der Waals surface area contributed by atoms with Gasteiger partial charge >= 0.3 is 0 Å². The van der Waals surface area contributed by atoms with Gasteiger partial charge in [0, 0.05) is 0 Å². The van der Waals surface area contributed by atoms with E-state index < -0.39 is 5.82 Å². The van der Waals surface area contributed by atoms with Crippen LogP contribution in [0, 0.1) is 11.7 Å². The summed E-state index contributed by atoms with van der Waals surface area (Å²) in [5, 5.41) is 5.97. The number of methoxy groups -OCH3 is 1. The van der Waals surface area contributed by atoms with Crippen LogP contribution in [0.2, 0.25) is 0 Å². The number of halogens is 1. The summed E-state index contributed by atoms with van der Waals surface area (Å²) >= 11 is 0. The average molecular weight is 280 g/mol. The van der Waals surface area contributed by atoms with Crippen molar-refractivity contribution in [3.05, 3.63) is 29.6 Å². The van der Waals surface area contributed by atoms with E-state index in [1.807, 2.05) is 6.92 Å².